The normalized spacial score (nSPS) is 10.8. The van der Waals surface area contributed by atoms with Crippen LogP contribution in [0.2, 0.25) is 0 Å². The summed E-state index contributed by atoms with van der Waals surface area (Å²) in [6.07, 6.45) is 0. The number of esters is 1. The van der Waals surface area contributed by atoms with Gasteiger partial charge in [0.25, 0.3) is 0 Å². The fourth-order valence-electron chi connectivity index (χ4n) is 4.29. The molecule has 0 aliphatic carbocycles. The number of nitrogens with zero attached hydrogens (tertiary/aromatic N) is 1. The highest BCUT2D eigenvalue weighted by Crippen LogP contribution is 2.34. The molecule has 1 heterocycles. The molecule has 5 rings (SSSR count). The second-order valence-electron chi connectivity index (χ2n) is 8.12. The van der Waals surface area contributed by atoms with Crippen molar-refractivity contribution in [3.05, 3.63) is 126 Å². The quantitative estimate of drug-likeness (QED) is 0.167. The van der Waals surface area contributed by atoms with Crippen molar-refractivity contribution in [1.29, 1.82) is 0 Å². The molecule has 4 aromatic carbocycles. The van der Waals surface area contributed by atoms with Gasteiger partial charge in [0.05, 0.1) is 23.8 Å². The van der Waals surface area contributed by atoms with Gasteiger partial charge in [-0.2, -0.15) is 0 Å². The highest BCUT2D eigenvalue weighted by Gasteiger charge is 2.23. The Hall–Kier alpha value is -4.64. The van der Waals surface area contributed by atoms with Crippen molar-refractivity contribution in [1.82, 2.24) is 4.57 Å². The molecule has 35 heavy (non-hydrogen) atoms. The van der Waals surface area contributed by atoms with Crippen LogP contribution in [0.1, 0.15) is 32.0 Å². The van der Waals surface area contributed by atoms with E-state index in [4.69, 9.17) is 9.47 Å². The van der Waals surface area contributed by atoms with Gasteiger partial charge >= 0.3 is 5.97 Å². The first-order valence-electron chi connectivity index (χ1n) is 11.2. The van der Waals surface area contributed by atoms with Crippen molar-refractivity contribution >= 4 is 22.7 Å². The molecule has 0 radical (unpaired) electrons. The van der Waals surface area contributed by atoms with Gasteiger partial charge in [-0.05, 0) is 61.5 Å². The van der Waals surface area contributed by atoms with E-state index in [0.717, 1.165) is 22.6 Å². The Labute approximate surface area is 203 Å². The summed E-state index contributed by atoms with van der Waals surface area (Å²) < 4.78 is 13.0. The van der Waals surface area contributed by atoms with Gasteiger partial charge in [0, 0.05) is 22.3 Å². The predicted octanol–water partition coefficient (Wildman–Crippen LogP) is 6.40. The molecule has 1 aromatic heterocycles. The Morgan fingerprint density at radius 1 is 0.714 bits per heavy atom. The molecule has 5 heteroatoms. The van der Waals surface area contributed by atoms with Gasteiger partial charge in [-0.3, -0.25) is 4.79 Å². The van der Waals surface area contributed by atoms with Crippen molar-refractivity contribution in [3.8, 4) is 17.2 Å². The van der Waals surface area contributed by atoms with Gasteiger partial charge in [0.15, 0.2) is 5.78 Å². The van der Waals surface area contributed by atoms with E-state index in [0.29, 0.717) is 27.8 Å². The second-order valence-corrected chi connectivity index (χ2v) is 8.12. The molecule has 0 spiro atoms. The molecule has 0 bridgehead atoms. The average molecular weight is 462 g/mol. The van der Waals surface area contributed by atoms with E-state index in [1.807, 2.05) is 66.1 Å². The van der Waals surface area contributed by atoms with E-state index in [2.05, 4.69) is 0 Å². The number of methoxy groups -OCH3 is 1. The van der Waals surface area contributed by atoms with Crippen molar-refractivity contribution < 1.29 is 19.1 Å². The van der Waals surface area contributed by atoms with Crippen LogP contribution < -0.4 is 9.47 Å². The fraction of sp³-hybridized carbons (Fsp3) is 0.0667. The largest absolute Gasteiger partial charge is 0.497 e. The molecule has 5 nitrogen and oxygen atoms in total. The van der Waals surface area contributed by atoms with Gasteiger partial charge in [-0.15, -0.1) is 0 Å². The second kappa shape index (κ2) is 9.31. The predicted molar refractivity (Wildman–Crippen MR) is 136 cm³/mol. The summed E-state index contributed by atoms with van der Waals surface area (Å²) in [6, 6.07) is 31.1. The van der Waals surface area contributed by atoms with Crippen LogP contribution in [0.25, 0.3) is 16.6 Å². The van der Waals surface area contributed by atoms with Gasteiger partial charge < -0.3 is 14.0 Å². The summed E-state index contributed by atoms with van der Waals surface area (Å²) >= 11 is 0. The van der Waals surface area contributed by atoms with E-state index in [1.54, 1.807) is 55.6 Å². The molecule has 0 unspecified atom stereocenters. The van der Waals surface area contributed by atoms with Crippen molar-refractivity contribution in [2.24, 2.45) is 0 Å². The van der Waals surface area contributed by atoms with E-state index in [9.17, 15) is 9.59 Å². The van der Waals surface area contributed by atoms with E-state index in [1.165, 1.54) is 0 Å². The lowest BCUT2D eigenvalue weighted by atomic mass is 10.0. The zero-order valence-corrected chi connectivity index (χ0v) is 19.4. The summed E-state index contributed by atoms with van der Waals surface area (Å²) in [5.41, 5.74) is 4.15. The summed E-state index contributed by atoms with van der Waals surface area (Å²) in [5.74, 6) is 0.581. The highest BCUT2D eigenvalue weighted by atomic mass is 16.5. The lowest BCUT2D eigenvalue weighted by molar-refractivity contribution is 0.0735. The SMILES string of the molecule is COc1ccc(-n2c(C)c(C(=O)c3ccccc3)c3cc(OC(=O)c4ccccc4)ccc32)cc1. The number of benzene rings is 4. The number of hydrogen-bond donors (Lipinski definition) is 0. The number of aromatic nitrogens is 1. The van der Waals surface area contributed by atoms with Crippen LogP contribution in [-0.4, -0.2) is 23.4 Å². The number of fused-ring (bicyclic) bond motifs is 1. The molecular formula is C30H23NO4. The van der Waals surface area contributed by atoms with Gasteiger partial charge in [0.1, 0.15) is 11.5 Å². The highest BCUT2D eigenvalue weighted by molar-refractivity contribution is 6.18. The maximum atomic E-state index is 13.6. The Kier molecular flexibility index (Phi) is 5.90. The van der Waals surface area contributed by atoms with Crippen LogP contribution in [0.3, 0.4) is 0 Å². The number of hydrogen-bond acceptors (Lipinski definition) is 4. The van der Waals surface area contributed by atoms with Crippen molar-refractivity contribution in [3.63, 3.8) is 0 Å². The first kappa shape index (κ1) is 22.2. The van der Waals surface area contributed by atoms with Crippen LogP contribution in [0.15, 0.2) is 103 Å². The van der Waals surface area contributed by atoms with Crippen LogP contribution in [0.4, 0.5) is 0 Å². The number of carbonyl (C=O) groups is 2. The topological polar surface area (TPSA) is 57.5 Å². The first-order chi connectivity index (χ1) is 17.1. The van der Waals surface area contributed by atoms with E-state index >= 15 is 0 Å². The zero-order valence-electron chi connectivity index (χ0n) is 19.4. The molecular weight excluding hydrogens is 438 g/mol. The zero-order chi connectivity index (χ0) is 24.4. The molecule has 0 N–H and O–H groups in total. The van der Waals surface area contributed by atoms with Crippen LogP contribution >= 0.6 is 0 Å². The standard InChI is InChI=1S/C30H23NO4/c1-20-28(29(32)21-9-5-3-6-10-21)26-19-25(35-30(33)22-11-7-4-8-12-22)17-18-27(26)31(20)23-13-15-24(34-2)16-14-23/h3-19H,1-2H3. The summed E-state index contributed by atoms with van der Waals surface area (Å²) in [7, 11) is 1.63. The molecule has 5 aromatic rings. The summed E-state index contributed by atoms with van der Waals surface area (Å²) in [4.78, 5) is 26.3. The minimum Gasteiger partial charge on any atom is -0.497 e. The lowest BCUT2D eigenvalue weighted by Crippen LogP contribution is -2.08. The Morgan fingerprint density at radius 2 is 1.31 bits per heavy atom. The Morgan fingerprint density at radius 3 is 1.94 bits per heavy atom. The Balaban J connectivity index is 1.66. The molecule has 0 atom stereocenters. The smallest absolute Gasteiger partial charge is 0.343 e. The maximum absolute atomic E-state index is 13.6. The third-order valence-corrected chi connectivity index (χ3v) is 5.99. The van der Waals surface area contributed by atoms with Crippen molar-refractivity contribution in [2.45, 2.75) is 6.92 Å². The number of carbonyl (C=O) groups excluding carboxylic acids is 2. The number of rotatable bonds is 6. The summed E-state index contributed by atoms with van der Waals surface area (Å²) in [6.45, 7) is 1.93. The average Bonchev–Trinajstić information content (AvgIpc) is 3.20. The van der Waals surface area contributed by atoms with Gasteiger partial charge in [-0.25, -0.2) is 4.79 Å². The molecule has 172 valence electrons. The number of ketones is 1. The van der Waals surface area contributed by atoms with Gasteiger partial charge in [-0.1, -0.05) is 48.5 Å². The van der Waals surface area contributed by atoms with Crippen LogP contribution in [0, 0.1) is 6.92 Å². The third-order valence-electron chi connectivity index (χ3n) is 5.99. The fourth-order valence-corrected chi connectivity index (χ4v) is 4.29. The molecule has 0 saturated heterocycles. The molecule has 0 saturated carbocycles. The molecule has 0 aliphatic heterocycles. The van der Waals surface area contributed by atoms with Crippen molar-refractivity contribution in [2.75, 3.05) is 7.11 Å². The molecule has 0 fully saturated rings. The third kappa shape index (κ3) is 4.20. The monoisotopic (exact) mass is 461 g/mol. The maximum Gasteiger partial charge on any atom is 0.343 e. The molecule has 0 amide bonds. The minimum atomic E-state index is -0.452. The minimum absolute atomic E-state index is 0.0908. The van der Waals surface area contributed by atoms with Gasteiger partial charge in [0.2, 0.25) is 0 Å². The molecule has 0 aliphatic rings. The Bertz CT molecular complexity index is 1520. The lowest BCUT2D eigenvalue weighted by Gasteiger charge is -2.10. The van der Waals surface area contributed by atoms with E-state index in [-0.39, 0.29) is 5.78 Å². The number of ether oxygens (including phenoxy) is 2. The van der Waals surface area contributed by atoms with Crippen LogP contribution in [0.5, 0.6) is 11.5 Å². The van der Waals surface area contributed by atoms with Crippen LogP contribution in [-0.2, 0) is 0 Å². The van der Waals surface area contributed by atoms with E-state index < -0.39 is 5.97 Å². The first-order valence-corrected chi connectivity index (χ1v) is 11.2. The summed E-state index contributed by atoms with van der Waals surface area (Å²) in [5, 5.41) is 0.713.